The Hall–Kier alpha value is -3.01. The fourth-order valence-corrected chi connectivity index (χ4v) is 3.12. The molecule has 1 aromatic heterocycles. The van der Waals surface area contributed by atoms with E-state index in [2.05, 4.69) is 5.32 Å². The fourth-order valence-electron chi connectivity index (χ4n) is 3.12. The van der Waals surface area contributed by atoms with Crippen molar-refractivity contribution in [1.29, 1.82) is 0 Å². The number of rotatable bonds is 5. The molecule has 0 aliphatic carbocycles. The largest absolute Gasteiger partial charge is 0.871 e. The minimum absolute atomic E-state index is 0.0204. The van der Waals surface area contributed by atoms with Crippen LogP contribution in [0.15, 0.2) is 60.7 Å². The smallest absolute Gasteiger partial charge is 0.258 e. The molecule has 26 heavy (non-hydrogen) atoms. The highest BCUT2D eigenvalue weighted by Crippen LogP contribution is 2.33. The number of amides is 1. The Morgan fingerprint density at radius 2 is 2.00 bits per heavy atom. The van der Waals surface area contributed by atoms with Crippen LogP contribution in [0, 0.1) is 0 Å². The van der Waals surface area contributed by atoms with Crippen LogP contribution >= 0.6 is 0 Å². The average molecular weight is 350 g/mol. The predicted molar refractivity (Wildman–Crippen MR) is 103 cm³/mol. The molecule has 0 spiro atoms. The average Bonchev–Trinajstić information content (AvgIpc) is 3.08. The number of nitrogens with one attached hydrogen (secondary N) is 1. The van der Waals surface area contributed by atoms with E-state index < -0.39 is 5.91 Å². The van der Waals surface area contributed by atoms with E-state index in [9.17, 15) is 9.90 Å². The molecule has 3 rings (SSSR count). The van der Waals surface area contributed by atoms with E-state index in [4.69, 9.17) is 4.11 Å². The van der Waals surface area contributed by atoms with Crippen LogP contribution < -0.4 is 10.4 Å². The van der Waals surface area contributed by atoms with Crippen molar-refractivity contribution >= 4 is 11.6 Å². The Bertz CT molecular complexity index is 1070. The molecule has 0 radical (unpaired) electrons. The standard InChI is InChI=1S/C22H24N2O2/c1-4-24-14-17(16-10-6-5-7-11-16)20(21(24)15(2)3)22(26)23-18-12-8-9-13-19(18)25/h5-15,25H,4H2,1-3H3,(H,23,26)/p-1/i5D,6D,10D. The summed E-state index contributed by atoms with van der Waals surface area (Å²) in [6.07, 6.45) is 1.81. The van der Waals surface area contributed by atoms with Crippen LogP contribution in [0.4, 0.5) is 5.69 Å². The lowest BCUT2D eigenvalue weighted by Gasteiger charge is -2.17. The molecule has 1 amide bonds. The Balaban J connectivity index is 2.21. The highest BCUT2D eigenvalue weighted by molar-refractivity contribution is 6.10. The topological polar surface area (TPSA) is 57.1 Å². The van der Waals surface area contributed by atoms with Gasteiger partial charge in [0.05, 0.1) is 9.68 Å². The molecule has 0 saturated heterocycles. The maximum Gasteiger partial charge on any atom is 0.258 e. The fraction of sp³-hybridized carbons (Fsp3) is 0.227. The number of hydrogen-bond acceptors (Lipinski definition) is 2. The summed E-state index contributed by atoms with van der Waals surface area (Å²) in [5.74, 6) is -0.691. The van der Waals surface area contributed by atoms with Crippen molar-refractivity contribution in [3.05, 3.63) is 72.0 Å². The van der Waals surface area contributed by atoms with Gasteiger partial charge in [-0.3, -0.25) is 4.79 Å². The Kier molecular flexibility index (Phi) is 4.08. The van der Waals surface area contributed by atoms with E-state index >= 15 is 0 Å². The number of carbonyl (C=O) groups is 1. The molecule has 0 saturated carbocycles. The number of anilines is 1. The Morgan fingerprint density at radius 1 is 1.23 bits per heavy atom. The molecule has 0 unspecified atom stereocenters. The van der Waals surface area contributed by atoms with Crippen molar-refractivity contribution in [3.63, 3.8) is 0 Å². The first-order chi connectivity index (χ1) is 13.8. The number of aromatic nitrogens is 1. The van der Waals surface area contributed by atoms with Crippen LogP contribution in [0.3, 0.4) is 0 Å². The molecule has 3 aromatic rings. The molecular weight excluding hydrogens is 324 g/mol. The van der Waals surface area contributed by atoms with Crippen LogP contribution in [0.5, 0.6) is 5.75 Å². The summed E-state index contributed by atoms with van der Waals surface area (Å²) in [6.45, 7) is 6.56. The number of aryl methyl sites for hydroxylation is 1. The maximum absolute atomic E-state index is 13.3. The van der Waals surface area contributed by atoms with E-state index in [1.807, 2.05) is 31.5 Å². The number of para-hydroxylation sites is 2. The zero-order valence-corrected chi connectivity index (χ0v) is 15.1. The van der Waals surface area contributed by atoms with Gasteiger partial charge < -0.3 is 15.0 Å². The van der Waals surface area contributed by atoms with Gasteiger partial charge in [0.1, 0.15) is 0 Å². The van der Waals surface area contributed by atoms with Crippen molar-refractivity contribution in [2.24, 2.45) is 0 Å². The summed E-state index contributed by atoms with van der Waals surface area (Å²) in [6, 6.07) is 8.97. The third kappa shape index (κ3) is 3.36. The van der Waals surface area contributed by atoms with Gasteiger partial charge in [0, 0.05) is 29.7 Å². The first-order valence-corrected chi connectivity index (χ1v) is 8.63. The summed E-state index contributed by atoms with van der Waals surface area (Å²) in [7, 11) is 0. The molecule has 0 fully saturated rings. The molecule has 134 valence electrons. The van der Waals surface area contributed by atoms with Gasteiger partial charge in [-0.25, -0.2) is 0 Å². The van der Waals surface area contributed by atoms with Gasteiger partial charge in [-0.1, -0.05) is 68.1 Å². The van der Waals surface area contributed by atoms with Gasteiger partial charge in [-0.2, -0.15) is 0 Å². The van der Waals surface area contributed by atoms with Gasteiger partial charge in [-0.05, 0) is 24.5 Å². The van der Waals surface area contributed by atoms with Crippen LogP contribution in [0.25, 0.3) is 11.1 Å². The van der Waals surface area contributed by atoms with E-state index in [0.29, 0.717) is 23.2 Å². The quantitative estimate of drug-likeness (QED) is 0.730. The highest BCUT2D eigenvalue weighted by Gasteiger charge is 2.24. The Morgan fingerprint density at radius 3 is 2.69 bits per heavy atom. The van der Waals surface area contributed by atoms with E-state index in [0.717, 1.165) is 5.69 Å². The molecule has 0 aliphatic rings. The second-order valence-electron chi connectivity index (χ2n) is 6.34. The molecule has 1 N–H and O–H groups in total. The van der Waals surface area contributed by atoms with Crippen LogP contribution in [0.2, 0.25) is 0 Å². The number of hydrogen-bond donors (Lipinski definition) is 1. The number of nitrogens with zero attached hydrogens (tertiary/aromatic N) is 1. The van der Waals surface area contributed by atoms with Gasteiger partial charge in [0.2, 0.25) is 0 Å². The van der Waals surface area contributed by atoms with Crippen molar-refractivity contribution < 1.29 is 14.0 Å². The van der Waals surface area contributed by atoms with Crippen LogP contribution in [-0.2, 0) is 6.54 Å². The number of carbonyl (C=O) groups excluding carboxylic acids is 1. The van der Waals surface area contributed by atoms with Crippen LogP contribution in [0.1, 0.15) is 46.9 Å². The third-order valence-electron chi connectivity index (χ3n) is 4.26. The molecule has 4 nitrogen and oxygen atoms in total. The summed E-state index contributed by atoms with van der Waals surface area (Å²) < 4.78 is 26.0. The third-order valence-corrected chi connectivity index (χ3v) is 4.26. The Labute approximate surface area is 158 Å². The first-order valence-electron chi connectivity index (χ1n) is 10.1. The lowest BCUT2D eigenvalue weighted by Crippen LogP contribution is -2.17. The zero-order valence-electron chi connectivity index (χ0n) is 18.1. The molecule has 0 aliphatic heterocycles. The van der Waals surface area contributed by atoms with Gasteiger partial charge in [0.25, 0.3) is 5.91 Å². The van der Waals surface area contributed by atoms with Crippen molar-refractivity contribution in [1.82, 2.24) is 4.57 Å². The zero-order chi connectivity index (χ0) is 21.3. The van der Waals surface area contributed by atoms with Crippen molar-refractivity contribution in [2.75, 3.05) is 5.32 Å². The predicted octanol–water partition coefficient (Wildman–Crippen LogP) is 4.62. The first kappa shape index (κ1) is 14.2. The molecule has 4 heteroatoms. The molecule has 1 heterocycles. The summed E-state index contributed by atoms with van der Waals surface area (Å²) in [5, 5.41) is 14.8. The second kappa shape index (κ2) is 7.48. The van der Waals surface area contributed by atoms with Gasteiger partial charge >= 0.3 is 0 Å². The van der Waals surface area contributed by atoms with Gasteiger partial charge in [0.15, 0.2) is 0 Å². The maximum atomic E-state index is 13.3. The SMILES string of the molecule is [2H]c1ccc(-c2cn(CC)c(C(C)C)c2C(=O)Nc2ccccc2[O-])c([2H])c1[2H]. The number of benzene rings is 2. The van der Waals surface area contributed by atoms with Crippen molar-refractivity contribution in [2.45, 2.75) is 33.2 Å². The molecule has 2 aromatic carbocycles. The normalized spacial score (nSPS) is 12.5. The minimum Gasteiger partial charge on any atom is -0.871 e. The van der Waals surface area contributed by atoms with E-state index in [-0.39, 0.29) is 35.5 Å². The summed E-state index contributed by atoms with van der Waals surface area (Å²) in [4.78, 5) is 13.3. The summed E-state index contributed by atoms with van der Waals surface area (Å²) >= 11 is 0. The highest BCUT2D eigenvalue weighted by atomic mass is 16.3. The van der Waals surface area contributed by atoms with E-state index in [1.165, 1.54) is 12.1 Å². The minimum atomic E-state index is -0.430. The molecule has 0 atom stereocenters. The lowest BCUT2D eigenvalue weighted by molar-refractivity contribution is -0.267. The van der Waals surface area contributed by atoms with Gasteiger partial charge in [-0.15, -0.1) is 0 Å². The van der Waals surface area contributed by atoms with Crippen molar-refractivity contribution in [3.8, 4) is 16.9 Å². The monoisotopic (exact) mass is 350 g/mol. The van der Waals surface area contributed by atoms with E-state index in [1.54, 1.807) is 24.3 Å². The molecular formula is C22H23N2O2-. The second-order valence-corrected chi connectivity index (χ2v) is 6.34. The molecule has 0 bridgehead atoms. The van der Waals surface area contributed by atoms with Crippen LogP contribution in [-0.4, -0.2) is 10.5 Å². The summed E-state index contributed by atoms with van der Waals surface area (Å²) in [5.41, 5.74) is 2.31. The lowest BCUT2D eigenvalue weighted by atomic mass is 9.98.